The van der Waals surface area contributed by atoms with E-state index in [0.29, 0.717) is 17.6 Å². The molecule has 6 nitrogen and oxygen atoms in total. The second kappa shape index (κ2) is 4.32. The third-order valence-corrected chi connectivity index (χ3v) is 2.47. The van der Waals surface area contributed by atoms with Crippen LogP contribution in [-0.2, 0) is 6.54 Å². The van der Waals surface area contributed by atoms with Gasteiger partial charge >= 0.3 is 0 Å². The van der Waals surface area contributed by atoms with E-state index in [0.717, 1.165) is 6.42 Å². The number of nitrogens with zero attached hydrogens (tertiary/aromatic N) is 3. The van der Waals surface area contributed by atoms with E-state index in [4.69, 9.17) is 0 Å². The van der Waals surface area contributed by atoms with Crippen LogP contribution in [0.1, 0.15) is 13.3 Å². The number of pyridine rings is 2. The van der Waals surface area contributed by atoms with Gasteiger partial charge in [-0.3, -0.25) is 19.5 Å². The molecule has 0 aliphatic heterocycles. The van der Waals surface area contributed by atoms with Crippen LogP contribution in [0.25, 0.3) is 11.0 Å². The zero-order valence-corrected chi connectivity index (χ0v) is 9.29. The van der Waals surface area contributed by atoms with Gasteiger partial charge in [0.05, 0.1) is 4.92 Å². The van der Waals surface area contributed by atoms with Crippen molar-refractivity contribution in [2.45, 2.75) is 19.9 Å². The molecule has 2 heterocycles. The fourth-order valence-electron chi connectivity index (χ4n) is 1.71. The summed E-state index contributed by atoms with van der Waals surface area (Å²) in [7, 11) is 0. The van der Waals surface area contributed by atoms with Crippen molar-refractivity contribution < 1.29 is 4.92 Å². The SMILES string of the molecule is CCCn1c(=O)ccc2cc([N+](=O)[O-])cnc21. The Bertz CT molecular complexity index is 633. The van der Waals surface area contributed by atoms with Gasteiger partial charge in [0.15, 0.2) is 0 Å². The van der Waals surface area contributed by atoms with Gasteiger partial charge in [-0.05, 0) is 12.5 Å². The molecule has 0 saturated carbocycles. The van der Waals surface area contributed by atoms with Crippen molar-refractivity contribution in [3.63, 3.8) is 0 Å². The average Bonchev–Trinajstić information content (AvgIpc) is 2.32. The fourth-order valence-corrected chi connectivity index (χ4v) is 1.71. The molecule has 0 aromatic carbocycles. The second-order valence-corrected chi connectivity index (χ2v) is 3.69. The molecule has 2 aromatic rings. The minimum atomic E-state index is -0.498. The van der Waals surface area contributed by atoms with Crippen LogP contribution >= 0.6 is 0 Å². The van der Waals surface area contributed by atoms with Crippen LogP contribution in [0.4, 0.5) is 5.69 Å². The van der Waals surface area contributed by atoms with Gasteiger partial charge in [-0.15, -0.1) is 0 Å². The van der Waals surface area contributed by atoms with Gasteiger partial charge in [-0.25, -0.2) is 4.98 Å². The molecular weight excluding hydrogens is 222 g/mol. The van der Waals surface area contributed by atoms with Crippen molar-refractivity contribution in [3.8, 4) is 0 Å². The first kappa shape index (κ1) is 11.3. The highest BCUT2D eigenvalue weighted by molar-refractivity contribution is 5.77. The maximum atomic E-state index is 11.6. The minimum Gasteiger partial charge on any atom is -0.293 e. The number of aryl methyl sites for hydroxylation is 1. The van der Waals surface area contributed by atoms with Crippen molar-refractivity contribution in [3.05, 3.63) is 44.9 Å². The Morgan fingerprint density at radius 3 is 2.88 bits per heavy atom. The molecule has 0 bridgehead atoms. The van der Waals surface area contributed by atoms with E-state index in [9.17, 15) is 14.9 Å². The van der Waals surface area contributed by atoms with E-state index in [2.05, 4.69) is 4.98 Å². The lowest BCUT2D eigenvalue weighted by Gasteiger charge is -2.06. The summed E-state index contributed by atoms with van der Waals surface area (Å²) in [5, 5.41) is 11.2. The molecule has 6 heteroatoms. The Labute approximate surface area is 96.7 Å². The molecule has 0 fully saturated rings. The summed E-state index contributed by atoms with van der Waals surface area (Å²) in [6.07, 6.45) is 1.98. The molecule has 0 radical (unpaired) electrons. The van der Waals surface area contributed by atoms with E-state index in [1.807, 2.05) is 6.92 Å². The van der Waals surface area contributed by atoms with Gasteiger partial charge in [-0.1, -0.05) is 6.92 Å². The molecular formula is C11H11N3O3. The number of rotatable bonds is 3. The standard InChI is InChI=1S/C11H11N3O3/c1-2-5-13-10(15)4-3-8-6-9(14(16)17)7-12-11(8)13/h3-4,6-7H,2,5H2,1H3. The Hall–Kier alpha value is -2.24. The van der Waals surface area contributed by atoms with Crippen LogP contribution in [0.3, 0.4) is 0 Å². The van der Waals surface area contributed by atoms with Crippen molar-refractivity contribution in [1.82, 2.24) is 9.55 Å². The molecule has 0 atom stereocenters. The molecule has 0 amide bonds. The zero-order chi connectivity index (χ0) is 12.4. The minimum absolute atomic E-state index is 0.0702. The fraction of sp³-hybridized carbons (Fsp3) is 0.273. The predicted octanol–water partition coefficient (Wildman–Crippen LogP) is 1.71. The van der Waals surface area contributed by atoms with E-state index >= 15 is 0 Å². The van der Waals surface area contributed by atoms with Crippen LogP contribution in [0.2, 0.25) is 0 Å². The maximum Gasteiger partial charge on any atom is 0.288 e. The summed E-state index contributed by atoms with van der Waals surface area (Å²) in [6.45, 7) is 2.51. The first-order valence-corrected chi connectivity index (χ1v) is 5.27. The van der Waals surface area contributed by atoms with Gasteiger partial charge in [0.2, 0.25) is 0 Å². The van der Waals surface area contributed by atoms with Crippen LogP contribution in [0.5, 0.6) is 0 Å². The number of nitro groups is 1. The second-order valence-electron chi connectivity index (χ2n) is 3.69. The average molecular weight is 233 g/mol. The van der Waals surface area contributed by atoms with Gasteiger partial charge in [0.25, 0.3) is 11.2 Å². The van der Waals surface area contributed by atoms with Crippen molar-refractivity contribution in [1.29, 1.82) is 0 Å². The number of fused-ring (bicyclic) bond motifs is 1. The van der Waals surface area contributed by atoms with E-state index in [1.54, 1.807) is 6.07 Å². The molecule has 2 aromatic heterocycles. The van der Waals surface area contributed by atoms with Crippen molar-refractivity contribution >= 4 is 16.7 Å². The lowest BCUT2D eigenvalue weighted by Crippen LogP contribution is -2.19. The molecule has 0 unspecified atom stereocenters. The Morgan fingerprint density at radius 1 is 1.47 bits per heavy atom. The quantitative estimate of drug-likeness (QED) is 0.597. The third kappa shape index (κ3) is 2.01. The van der Waals surface area contributed by atoms with E-state index in [1.165, 1.54) is 22.9 Å². The summed E-state index contributed by atoms with van der Waals surface area (Å²) in [6, 6.07) is 4.39. The first-order valence-electron chi connectivity index (χ1n) is 5.27. The zero-order valence-electron chi connectivity index (χ0n) is 9.29. The smallest absolute Gasteiger partial charge is 0.288 e. The Kier molecular flexibility index (Phi) is 2.86. The molecule has 17 heavy (non-hydrogen) atoms. The van der Waals surface area contributed by atoms with Crippen LogP contribution in [0.15, 0.2) is 29.2 Å². The topological polar surface area (TPSA) is 78.0 Å². The molecule has 0 aliphatic carbocycles. The predicted molar refractivity (Wildman–Crippen MR) is 62.9 cm³/mol. The lowest BCUT2D eigenvalue weighted by molar-refractivity contribution is -0.385. The Morgan fingerprint density at radius 2 is 2.24 bits per heavy atom. The maximum absolute atomic E-state index is 11.6. The third-order valence-electron chi connectivity index (χ3n) is 2.47. The summed E-state index contributed by atoms with van der Waals surface area (Å²) in [4.78, 5) is 25.8. The summed E-state index contributed by atoms with van der Waals surface area (Å²) < 4.78 is 1.53. The normalized spacial score (nSPS) is 10.6. The van der Waals surface area contributed by atoms with Crippen LogP contribution < -0.4 is 5.56 Å². The van der Waals surface area contributed by atoms with Gasteiger partial charge in [-0.2, -0.15) is 0 Å². The molecule has 88 valence electrons. The number of aromatic nitrogens is 2. The van der Waals surface area contributed by atoms with E-state index in [-0.39, 0.29) is 11.2 Å². The highest BCUT2D eigenvalue weighted by atomic mass is 16.6. The summed E-state index contributed by atoms with van der Waals surface area (Å²) in [5.74, 6) is 0. The molecule has 2 rings (SSSR count). The molecule has 0 spiro atoms. The van der Waals surface area contributed by atoms with Crippen LogP contribution in [-0.4, -0.2) is 14.5 Å². The van der Waals surface area contributed by atoms with Gasteiger partial charge in [0.1, 0.15) is 11.8 Å². The number of hydrogen-bond acceptors (Lipinski definition) is 4. The Balaban J connectivity index is 2.70. The lowest BCUT2D eigenvalue weighted by atomic mass is 10.2. The summed E-state index contributed by atoms with van der Waals surface area (Å²) in [5.41, 5.74) is 0.282. The summed E-state index contributed by atoms with van der Waals surface area (Å²) >= 11 is 0. The number of hydrogen-bond donors (Lipinski definition) is 0. The molecule has 0 N–H and O–H groups in total. The van der Waals surface area contributed by atoms with Gasteiger partial charge in [0, 0.05) is 24.1 Å². The monoisotopic (exact) mass is 233 g/mol. The molecule has 0 saturated heterocycles. The van der Waals surface area contributed by atoms with Crippen LogP contribution in [0, 0.1) is 10.1 Å². The highest BCUT2D eigenvalue weighted by Gasteiger charge is 2.10. The van der Waals surface area contributed by atoms with Gasteiger partial charge < -0.3 is 0 Å². The van der Waals surface area contributed by atoms with Crippen molar-refractivity contribution in [2.24, 2.45) is 0 Å². The van der Waals surface area contributed by atoms with E-state index < -0.39 is 4.92 Å². The largest absolute Gasteiger partial charge is 0.293 e. The van der Waals surface area contributed by atoms with Crippen molar-refractivity contribution in [2.75, 3.05) is 0 Å². The first-order chi connectivity index (χ1) is 8.13. The highest BCUT2D eigenvalue weighted by Crippen LogP contribution is 2.16. The molecule has 0 aliphatic rings.